The van der Waals surface area contributed by atoms with Gasteiger partial charge in [-0.15, -0.1) is 6.58 Å². The van der Waals surface area contributed by atoms with Crippen LogP contribution in [0.1, 0.15) is 12.0 Å². The Balaban J connectivity index is 2.61. The summed E-state index contributed by atoms with van der Waals surface area (Å²) in [7, 11) is -1.78. The minimum atomic E-state index is -3.36. The fraction of sp³-hybridized carbons (Fsp3) is 0.438. The fourth-order valence-electron chi connectivity index (χ4n) is 2.03. The number of hydrogen-bond donors (Lipinski definition) is 1. The maximum absolute atomic E-state index is 11.9. The molecule has 1 N–H and O–H groups in total. The second-order valence-corrected chi connectivity index (χ2v) is 7.09. The van der Waals surface area contributed by atoms with Crippen molar-refractivity contribution in [1.29, 1.82) is 0 Å². The minimum Gasteiger partial charge on any atom is -0.497 e. The van der Waals surface area contributed by atoms with E-state index in [2.05, 4.69) is 11.9 Å². The van der Waals surface area contributed by atoms with Gasteiger partial charge < -0.3 is 10.1 Å². The van der Waals surface area contributed by atoms with Gasteiger partial charge in [-0.3, -0.25) is 4.79 Å². The van der Waals surface area contributed by atoms with E-state index in [1.54, 1.807) is 13.2 Å². The van der Waals surface area contributed by atoms with Crippen molar-refractivity contribution in [3.05, 3.63) is 42.5 Å². The maximum Gasteiger partial charge on any atom is 0.221 e. The van der Waals surface area contributed by atoms with Crippen LogP contribution in [0.5, 0.6) is 5.75 Å². The number of sulfonamides is 1. The van der Waals surface area contributed by atoms with Gasteiger partial charge >= 0.3 is 0 Å². The predicted octanol–water partition coefficient (Wildman–Crippen LogP) is 1.19. The van der Waals surface area contributed by atoms with Gasteiger partial charge in [-0.1, -0.05) is 18.2 Å². The maximum atomic E-state index is 11.9. The highest BCUT2D eigenvalue weighted by atomic mass is 32.2. The van der Waals surface area contributed by atoms with Crippen LogP contribution in [0.15, 0.2) is 36.9 Å². The van der Waals surface area contributed by atoms with E-state index in [1.165, 1.54) is 4.31 Å². The number of benzene rings is 1. The molecule has 0 aliphatic heterocycles. The molecule has 0 fully saturated rings. The standard InChI is InChI=1S/C16H24N2O4S/c1-4-10-17-16(19)9-12-18(23(3,20)21)11-8-14-6-5-7-15(13-14)22-2/h4-7,13H,1,8-12H2,2-3H3,(H,17,19). The van der Waals surface area contributed by atoms with Crippen LogP contribution in [0.3, 0.4) is 0 Å². The number of carbonyl (C=O) groups is 1. The Morgan fingerprint density at radius 1 is 1.39 bits per heavy atom. The molecule has 0 saturated carbocycles. The largest absolute Gasteiger partial charge is 0.497 e. The van der Waals surface area contributed by atoms with Gasteiger partial charge in [-0.05, 0) is 24.1 Å². The van der Waals surface area contributed by atoms with E-state index in [1.807, 2.05) is 24.3 Å². The molecule has 0 radical (unpaired) electrons. The minimum absolute atomic E-state index is 0.124. The van der Waals surface area contributed by atoms with Crippen molar-refractivity contribution >= 4 is 15.9 Å². The molecule has 1 amide bonds. The molecule has 0 unspecified atom stereocenters. The first kappa shape index (κ1) is 19.2. The first-order chi connectivity index (χ1) is 10.9. The Bertz CT molecular complexity index is 629. The smallest absolute Gasteiger partial charge is 0.221 e. The van der Waals surface area contributed by atoms with Crippen molar-refractivity contribution in [1.82, 2.24) is 9.62 Å². The zero-order valence-corrected chi connectivity index (χ0v) is 14.4. The number of rotatable bonds is 10. The normalized spacial score (nSPS) is 11.3. The Kier molecular flexibility index (Phi) is 7.77. The molecule has 0 atom stereocenters. The first-order valence-electron chi connectivity index (χ1n) is 7.32. The van der Waals surface area contributed by atoms with Crippen molar-refractivity contribution in [3.63, 3.8) is 0 Å². The van der Waals surface area contributed by atoms with Gasteiger partial charge in [0.25, 0.3) is 0 Å². The third kappa shape index (κ3) is 7.30. The molecule has 0 aliphatic rings. The van der Waals surface area contributed by atoms with Gasteiger partial charge in [0, 0.05) is 26.1 Å². The van der Waals surface area contributed by atoms with Gasteiger partial charge in [0.1, 0.15) is 5.75 Å². The summed E-state index contributed by atoms with van der Waals surface area (Å²) in [5, 5.41) is 2.63. The van der Waals surface area contributed by atoms with E-state index in [0.29, 0.717) is 19.5 Å². The quantitative estimate of drug-likeness (QED) is 0.649. The van der Waals surface area contributed by atoms with Gasteiger partial charge in [0.15, 0.2) is 0 Å². The summed E-state index contributed by atoms with van der Waals surface area (Å²) in [4.78, 5) is 11.6. The third-order valence-electron chi connectivity index (χ3n) is 3.28. The van der Waals surface area contributed by atoms with E-state index >= 15 is 0 Å². The summed E-state index contributed by atoms with van der Waals surface area (Å²) in [6.45, 7) is 4.37. The Hall–Kier alpha value is -1.86. The molecule has 0 saturated heterocycles. The SMILES string of the molecule is C=CCNC(=O)CCN(CCc1cccc(OC)c1)S(C)(=O)=O. The van der Waals surface area contributed by atoms with Crippen molar-refractivity contribution < 1.29 is 17.9 Å². The summed E-state index contributed by atoms with van der Waals surface area (Å²) in [6.07, 6.45) is 3.41. The molecule has 0 heterocycles. The van der Waals surface area contributed by atoms with Crippen LogP contribution in [0.25, 0.3) is 0 Å². The van der Waals surface area contributed by atoms with Crippen molar-refractivity contribution in [2.75, 3.05) is 33.0 Å². The highest BCUT2D eigenvalue weighted by Crippen LogP contribution is 2.14. The van der Waals surface area contributed by atoms with Crippen LogP contribution in [0.2, 0.25) is 0 Å². The summed E-state index contributed by atoms with van der Waals surface area (Å²) in [5.41, 5.74) is 0.981. The Morgan fingerprint density at radius 2 is 2.13 bits per heavy atom. The highest BCUT2D eigenvalue weighted by molar-refractivity contribution is 7.88. The van der Waals surface area contributed by atoms with Crippen LogP contribution in [0, 0.1) is 0 Å². The molecule has 1 aromatic carbocycles. The van der Waals surface area contributed by atoms with Gasteiger partial charge in [-0.2, -0.15) is 0 Å². The van der Waals surface area contributed by atoms with Gasteiger partial charge in [0.2, 0.25) is 15.9 Å². The monoisotopic (exact) mass is 340 g/mol. The lowest BCUT2D eigenvalue weighted by Gasteiger charge is -2.19. The van der Waals surface area contributed by atoms with E-state index < -0.39 is 10.0 Å². The first-order valence-corrected chi connectivity index (χ1v) is 9.17. The zero-order chi connectivity index (χ0) is 17.3. The van der Waals surface area contributed by atoms with Gasteiger partial charge in [0.05, 0.1) is 13.4 Å². The lowest BCUT2D eigenvalue weighted by atomic mass is 10.1. The number of methoxy groups -OCH3 is 1. The summed E-state index contributed by atoms with van der Waals surface area (Å²) in [6, 6.07) is 7.49. The van der Waals surface area contributed by atoms with Crippen molar-refractivity contribution in [2.45, 2.75) is 12.8 Å². The lowest BCUT2D eigenvalue weighted by Crippen LogP contribution is -2.36. The van der Waals surface area contributed by atoms with E-state index in [0.717, 1.165) is 17.6 Å². The molecule has 6 nitrogen and oxygen atoms in total. The topological polar surface area (TPSA) is 75.7 Å². The average Bonchev–Trinajstić information content (AvgIpc) is 2.51. The van der Waals surface area contributed by atoms with Crippen LogP contribution >= 0.6 is 0 Å². The molecule has 0 aromatic heterocycles. The zero-order valence-electron chi connectivity index (χ0n) is 13.6. The molecule has 0 bridgehead atoms. The van der Waals surface area contributed by atoms with E-state index in [4.69, 9.17) is 4.74 Å². The number of nitrogens with zero attached hydrogens (tertiary/aromatic N) is 1. The van der Waals surface area contributed by atoms with Crippen LogP contribution in [-0.2, 0) is 21.2 Å². The summed E-state index contributed by atoms with van der Waals surface area (Å²) in [5.74, 6) is 0.539. The Labute approximate surface area is 138 Å². The molecular formula is C16H24N2O4S. The lowest BCUT2D eigenvalue weighted by molar-refractivity contribution is -0.120. The third-order valence-corrected chi connectivity index (χ3v) is 4.59. The molecule has 23 heavy (non-hydrogen) atoms. The van der Waals surface area contributed by atoms with Crippen LogP contribution < -0.4 is 10.1 Å². The summed E-state index contributed by atoms with van der Waals surface area (Å²) >= 11 is 0. The molecule has 128 valence electrons. The van der Waals surface area contributed by atoms with E-state index in [9.17, 15) is 13.2 Å². The fourth-order valence-corrected chi connectivity index (χ4v) is 2.87. The number of amides is 1. The highest BCUT2D eigenvalue weighted by Gasteiger charge is 2.17. The average molecular weight is 340 g/mol. The van der Waals surface area contributed by atoms with Gasteiger partial charge in [-0.25, -0.2) is 12.7 Å². The molecule has 1 rings (SSSR count). The molecule has 0 aliphatic carbocycles. The molecule has 1 aromatic rings. The molecule has 0 spiro atoms. The summed E-state index contributed by atoms with van der Waals surface area (Å²) < 4.78 is 30.2. The number of ether oxygens (including phenoxy) is 1. The van der Waals surface area contributed by atoms with Crippen molar-refractivity contribution in [2.24, 2.45) is 0 Å². The van der Waals surface area contributed by atoms with Crippen molar-refractivity contribution in [3.8, 4) is 5.75 Å². The number of hydrogen-bond acceptors (Lipinski definition) is 4. The second-order valence-electron chi connectivity index (χ2n) is 5.11. The molecule has 7 heteroatoms. The number of carbonyl (C=O) groups excluding carboxylic acids is 1. The second kappa shape index (κ2) is 9.32. The van der Waals surface area contributed by atoms with E-state index in [-0.39, 0.29) is 18.9 Å². The molecular weight excluding hydrogens is 316 g/mol. The van der Waals surface area contributed by atoms with Crippen LogP contribution in [-0.4, -0.2) is 51.6 Å². The van der Waals surface area contributed by atoms with Crippen LogP contribution in [0.4, 0.5) is 0 Å². The number of nitrogens with one attached hydrogen (secondary N) is 1. The predicted molar refractivity (Wildman–Crippen MR) is 90.9 cm³/mol. The Morgan fingerprint density at radius 3 is 2.74 bits per heavy atom.